The van der Waals surface area contributed by atoms with Crippen molar-refractivity contribution in [2.75, 3.05) is 25.0 Å². The van der Waals surface area contributed by atoms with Crippen molar-refractivity contribution in [2.24, 2.45) is 0 Å². The Morgan fingerprint density at radius 3 is 2.88 bits per heavy atom. The maximum Gasteiger partial charge on any atom is 0.143 e. The summed E-state index contributed by atoms with van der Waals surface area (Å²) in [5.74, 6) is 0.879. The van der Waals surface area contributed by atoms with E-state index >= 15 is 0 Å². The van der Waals surface area contributed by atoms with Crippen LogP contribution in [-0.4, -0.2) is 40.5 Å². The first-order chi connectivity index (χ1) is 8.27. The van der Waals surface area contributed by atoms with Crippen LogP contribution in [0.5, 0.6) is 0 Å². The normalized spacial score (nSPS) is 18.9. The standard InChI is InChI=1S/C12H19BrN4/c1-10(17-5-3-2-4-6-17)7-15-12-11(13)8-14-9-16-12/h8-10H,2-7H2,1H3,(H,14,15,16). The van der Waals surface area contributed by atoms with Crippen LogP contribution in [0.15, 0.2) is 17.0 Å². The third-order valence-electron chi connectivity index (χ3n) is 3.25. The van der Waals surface area contributed by atoms with Crippen LogP contribution in [0.2, 0.25) is 0 Å². The lowest BCUT2D eigenvalue weighted by Crippen LogP contribution is -2.41. The van der Waals surface area contributed by atoms with Gasteiger partial charge in [0, 0.05) is 18.8 Å². The Balaban J connectivity index is 1.83. The summed E-state index contributed by atoms with van der Waals surface area (Å²) in [5.41, 5.74) is 0. The third-order valence-corrected chi connectivity index (χ3v) is 3.83. The van der Waals surface area contributed by atoms with E-state index in [1.54, 1.807) is 12.5 Å². The second-order valence-corrected chi connectivity index (χ2v) is 5.40. The van der Waals surface area contributed by atoms with Gasteiger partial charge in [0.2, 0.25) is 0 Å². The van der Waals surface area contributed by atoms with Crippen molar-refractivity contribution in [3.63, 3.8) is 0 Å². The first kappa shape index (κ1) is 12.8. The van der Waals surface area contributed by atoms with Crippen LogP contribution in [0, 0.1) is 0 Å². The van der Waals surface area contributed by atoms with Gasteiger partial charge >= 0.3 is 0 Å². The molecule has 4 nitrogen and oxygen atoms in total. The SMILES string of the molecule is CC(CNc1ncncc1Br)N1CCCCC1. The maximum absolute atomic E-state index is 4.21. The van der Waals surface area contributed by atoms with Crippen LogP contribution in [-0.2, 0) is 0 Å². The molecule has 1 unspecified atom stereocenters. The average molecular weight is 299 g/mol. The van der Waals surface area contributed by atoms with Gasteiger partial charge in [-0.2, -0.15) is 0 Å². The molecule has 0 aliphatic carbocycles. The minimum absolute atomic E-state index is 0.553. The molecule has 0 radical (unpaired) electrons. The molecular formula is C12H19BrN4. The molecule has 0 bridgehead atoms. The van der Waals surface area contributed by atoms with E-state index in [-0.39, 0.29) is 0 Å². The third kappa shape index (κ3) is 3.64. The molecule has 1 aromatic heterocycles. The van der Waals surface area contributed by atoms with E-state index in [2.05, 4.69) is 43.0 Å². The smallest absolute Gasteiger partial charge is 0.143 e. The molecule has 1 aromatic rings. The van der Waals surface area contributed by atoms with Crippen LogP contribution in [0.4, 0.5) is 5.82 Å². The fourth-order valence-corrected chi connectivity index (χ4v) is 2.54. The van der Waals surface area contributed by atoms with Crippen molar-refractivity contribution in [3.8, 4) is 0 Å². The lowest BCUT2D eigenvalue weighted by atomic mass is 10.1. The van der Waals surface area contributed by atoms with Gasteiger partial charge in [0.15, 0.2) is 0 Å². The van der Waals surface area contributed by atoms with Gasteiger partial charge in [-0.3, -0.25) is 4.90 Å². The Morgan fingerprint density at radius 2 is 2.18 bits per heavy atom. The predicted molar refractivity (Wildman–Crippen MR) is 73.1 cm³/mol. The summed E-state index contributed by atoms with van der Waals surface area (Å²) >= 11 is 3.44. The number of rotatable bonds is 4. The highest BCUT2D eigenvalue weighted by atomic mass is 79.9. The molecule has 0 saturated carbocycles. The zero-order valence-electron chi connectivity index (χ0n) is 10.2. The second kappa shape index (κ2) is 6.31. The van der Waals surface area contributed by atoms with E-state index < -0.39 is 0 Å². The molecular weight excluding hydrogens is 280 g/mol. The molecule has 1 N–H and O–H groups in total. The van der Waals surface area contributed by atoms with Crippen LogP contribution < -0.4 is 5.32 Å². The van der Waals surface area contributed by atoms with Crippen LogP contribution in [0.3, 0.4) is 0 Å². The predicted octanol–water partition coefficient (Wildman–Crippen LogP) is 2.53. The number of likely N-dealkylation sites (tertiary alicyclic amines) is 1. The summed E-state index contributed by atoms with van der Waals surface area (Å²) < 4.78 is 0.922. The summed E-state index contributed by atoms with van der Waals surface area (Å²) in [6.07, 6.45) is 7.39. The largest absolute Gasteiger partial charge is 0.367 e. The van der Waals surface area contributed by atoms with Gasteiger partial charge in [-0.25, -0.2) is 9.97 Å². The Kier molecular flexibility index (Phi) is 4.74. The molecule has 1 aliphatic heterocycles. The van der Waals surface area contributed by atoms with E-state index in [1.165, 1.54) is 32.4 Å². The van der Waals surface area contributed by atoms with Crippen molar-refractivity contribution in [1.82, 2.24) is 14.9 Å². The summed E-state index contributed by atoms with van der Waals surface area (Å²) in [6.45, 7) is 5.66. The average Bonchev–Trinajstić information content (AvgIpc) is 2.38. The molecule has 17 heavy (non-hydrogen) atoms. The molecule has 1 aliphatic rings. The molecule has 0 amide bonds. The van der Waals surface area contributed by atoms with Gasteiger partial charge in [0.25, 0.3) is 0 Å². The fraction of sp³-hybridized carbons (Fsp3) is 0.667. The van der Waals surface area contributed by atoms with Crippen molar-refractivity contribution in [1.29, 1.82) is 0 Å². The van der Waals surface area contributed by atoms with E-state index in [9.17, 15) is 0 Å². The Bertz CT molecular complexity index is 352. The Hall–Kier alpha value is -0.680. The van der Waals surface area contributed by atoms with Gasteiger partial charge in [0.05, 0.1) is 4.47 Å². The topological polar surface area (TPSA) is 41.1 Å². The first-order valence-corrected chi connectivity index (χ1v) is 7.00. The zero-order chi connectivity index (χ0) is 12.1. The van der Waals surface area contributed by atoms with E-state index in [1.807, 2.05) is 0 Å². The van der Waals surface area contributed by atoms with Gasteiger partial charge in [0.1, 0.15) is 12.1 Å². The lowest BCUT2D eigenvalue weighted by Gasteiger charge is -2.32. The molecule has 1 saturated heterocycles. The van der Waals surface area contributed by atoms with Crippen LogP contribution in [0.1, 0.15) is 26.2 Å². The first-order valence-electron chi connectivity index (χ1n) is 6.21. The van der Waals surface area contributed by atoms with Crippen LogP contribution >= 0.6 is 15.9 Å². The summed E-state index contributed by atoms with van der Waals surface area (Å²) in [4.78, 5) is 10.7. The summed E-state index contributed by atoms with van der Waals surface area (Å²) in [7, 11) is 0. The molecule has 1 atom stereocenters. The lowest BCUT2D eigenvalue weighted by molar-refractivity contribution is 0.180. The van der Waals surface area contributed by atoms with Crippen molar-refractivity contribution in [2.45, 2.75) is 32.2 Å². The summed E-state index contributed by atoms with van der Waals surface area (Å²) in [5, 5.41) is 3.37. The van der Waals surface area contributed by atoms with Gasteiger partial charge in [-0.15, -0.1) is 0 Å². The molecule has 0 spiro atoms. The number of aromatic nitrogens is 2. The van der Waals surface area contributed by atoms with E-state index in [0.717, 1.165) is 16.8 Å². The van der Waals surface area contributed by atoms with E-state index in [0.29, 0.717) is 6.04 Å². The maximum atomic E-state index is 4.21. The number of halogens is 1. The second-order valence-electron chi connectivity index (χ2n) is 4.55. The minimum Gasteiger partial charge on any atom is -0.367 e. The minimum atomic E-state index is 0.553. The van der Waals surface area contributed by atoms with Crippen LogP contribution in [0.25, 0.3) is 0 Å². The molecule has 0 aromatic carbocycles. The number of nitrogens with zero attached hydrogens (tertiary/aromatic N) is 3. The molecule has 94 valence electrons. The van der Waals surface area contributed by atoms with Crippen molar-refractivity contribution < 1.29 is 0 Å². The zero-order valence-corrected chi connectivity index (χ0v) is 11.8. The molecule has 2 rings (SSSR count). The highest BCUT2D eigenvalue weighted by Gasteiger charge is 2.16. The number of hydrogen-bond acceptors (Lipinski definition) is 4. The van der Waals surface area contributed by atoms with E-state index in [4.69, 9.17) is 0 Å². The molecule has 1 fully saturated rings. The summed E-state index contributed by atoms with van der Waals surface area (Å²) in [6, 6.07) is 0.553. The quantitative estimate of drug-likeness (QED) is 0.927. The number of nitrogens with one attached hydrogen (secondary N) is 1. The number of hydrogen-bond donors (Lipinski definition) is 1. The Morgan fingerprint density at radius 1 is 1.41 bits per heavy atom. The van der Waals surface area contributed by atoms with Crippen molar-refractivity contribution >= 4 is 21.7 Å². The highest BCUT2D eigenvalue weighted by Crippen LogP contribution is 2.18. The molecule has 5 heteroatoms. The van der Waals surface area contributed by atoms with Gasteiger partial charge < -0.3 is 5.32 Å². The highest BCUT2D eigenvalue weighted by molar-refractivity contribution is 9.10. The van der Waals surface area contributed by atoms with Gasteiger partial charge in [-0.05, 0) is 48.8 Å². The van der Waals surface area contributed by atoms with Crippen molar-refractivity contribution in [3.05, 3.63) is 17.0 Å². The number of anilines is 1. The fourth-order valence-electron chi connectivity index (χ4n) is 2.18. The number of piperidine rings is 1. The molecule has 2 heterocycles. The van der Waals surface area contributed by atoms with Gasteiger partial charge in [-0.1, -0.05) is 6.42 Å². The Labute approximate surface area is 111 Å². The monoisotopic (exact) mass is 298 g/mol.